The van der Waals surface area contributed by atoms with Crippen LogP contribution in [0.2, 0.25) is 0 Å². The summed E-state index contributed by atoms with van der Waals surface area (Å²) in [6, 6.07) is 3.16. The van der Waals surface area contributed by atoms with E-state index in [9.17, 15) is 18.3 Å². The second kappa shape index (κ2) is 4.20. The molecule has 3 aliphatic carbocycles. The number of nitrogens with one attached hydrogen (secondary N) is 1. The predicted octanol–water partition coefficient (Wildman–Crippen LogP) is 4.06. The molecular weight excluding hydrogens is 324 g/mol. The van der Waals surface area contributed by atoms with Crippen molar-refractivity contribution in [2.24, 2.45) is 11.3 Å². The smallest absolute Gasteiger partial charge is 0.388 e. The number of aromatic amines is 1. The molecule has 7 heteroatoms. The summed E-state index contributed by atoms with van der Waals surface area (Å²) < 4.78 is 56.7. The van der Waals surface area contributed by atoms with Gasteiger partial charge in [-0.1, -0.05) is 6.07 Å². The van der Waals surface area contributed by atoms with Gasteiger partial charge in [-0.3, -0.25) is 5.10 Å². The van der Waals surface area contributed by atoms with Gasteiger partial charge in [0.1, 0.15) is 6.17 Å². The zero-order chi connectivity index (χ0) is 16.9. The van der Waals surface area contributed by atoms with Crippen LogP contribution in [0.3, 0.4) is 0 Å². The lowest BCUT2D eigenvalue weighted by molar-refractivity contribution is -0.111. The van der Waals surface area contributed by atoms with E-state index in [1.165, 1.54) is 12.3 Å². The molecule has 24 heavy (non-hydrogen) atoms. The van der Waals surface area contributed by atoms with E-state index in [0.29, 0.717) is 23.7 Å². The van der Waals surface area contributed by atoms with Gasteiger partial charge in [0.25, 0.3) is 0 Å². The minimum Gasteiger partial charge on any atom is -0.388 e. The Morgan fingerprint density at radius 1 is 1.29 bits per heavy atom. The molecule has 4 atom stereocenters. The molecule has 0 amide bonds. The zero-order valence-corrected chi connectivity index (χ0v) is 12.5. The number of allylic oxidation sites excluding steroid dienone is 1. The number of hydrogen-bond acceptors (Lipinski definition) is 2. The average Bonchev–Trinajstić information content (AvgIpc) is 3.18. The Kier molecular flexibility index (Phi) is 2.53. The van der Waals surface area contributed by atoms with Gasteiger partial charge in [-0.2, -0.15) is 18.3 Å². The Bertz CT molecular complexity index is 900. The van der Waals surface area contributed by atoms with Crippen molar-refractivity contribution in [2.75, 3.05) is 0 Å². The molecule has 0 unspecified atom stereocenters. The van der Waals surface area contributed by atoms with Crippen molar-refractivity contribution in [3.05, 3.63) is 35.0 Å². The summed E-state index contributed by atoms with van der Waals surface area (Å²) in [7, 11) is 0. The summed E-state index contributed by atoms with van der Waals surface area (Å²) in [4.78, 5) is 0. The fourth-order valence-electron chi connectivity index (χ4n) is 5.15. The minimum atomic E-state index is -4.67. The molecule has 3 aliphatic rings. The summed E-state index contributed by atoms with van der Waals surface area (Å²) in [6.07, 6.45) is -5.28. The number of nitrogens with zero attached hydrogens (tertiary/aromatic N) is 1. The topological polar surface area (TPSA) is 48.9 Å². The van der Waals surface area contributed by atoms with Crippen LogP contribution in [0.1, 0.15) is 36.6 Å². The van der Waals surface area contributed by atoms with Crippen LogP contribution in [0.4, 0.5) is 17.6 Å². The van der Waals surface area contributed by atoms with Crippen molar-refractivity contribution in [1.82, 2.24) is 10.2 Å². The second-order valence-electron chi connectivity index (χ2n) is 7.11. The van der Waals surface area contributed by atoms with E-state index in [1.807, 2.05) is 0 Å². The van der Waals surface area contributed by atoms with E-state index in [2.05, 4.69) is 10.2 Å². The van der Waals surface area contributed by atoms with E-state index in [1.54, 1.807) is 6.07 Å². The Morgan fingerprint density at radius 2 is 2.08 bits per heavy atom. The number of alkyl halides is 4. The van der Waals surface area contributed by atoms with Crippen LogP contribution in [0.15, 0.2) is 23.9 Å². The molecule has 0 saturated heterocycles. The summed E-state index contributed by atoms with van der Waals surface area (Å²) in [6.45, 7) is 0. The molecular formula is C17H14F4N2O. The Labute approximate surface area is 134 Å². The van der Waals surface area contributed by atoms with Gasteiger partial charge in [-0.15, -0.1) is 0 Å². The summed E-state index contributed by atoms with van der Waals surface area (Å²) in [5.74, 6) is -0.530. The van der Waals surface area contributed by atoms with Crippen LogP contribution in [-0.4, -0.2) is 27.6 Å². The van der Waals surface area contributed by atoms with Crippen molar-refractivity contribution in [2.45, 2.75) is 37.7 Å². The molecule has 1 heterocycles. The Morgan fingerprint density at radius 3 is 2.83 bits per heavy atom. The van der Waals surface area contributed by atoms with Gasteiger partial charge in [-0.05, 0) is 42.4 Å². The van der Waals surface area contributed by atoms with Crippen LogP contribution >= 0.6 is 0 Å². The molecule has 126 valence electrons. The number of aliphatic hydroxyl groups is 1. The van der Waals surface area contributed by atoms with Gasteiger partial charge in [0.15, 0.2) is 0 Å². The predicted molar refractivity (Wildman–Crippen MR) is 78.7 cm³/mol. The number of aliphatic hydroxyl groups excluding tert-OH is 1. The lowest BCUT2D eigenvalue weighted by Gasteiger charge is -2.37. The van der Waals surface area contributed by atoms with Gasteiger partial charge >= 0.3 is 6.18 Å². The normalized spacial score (nSPS) is 34.8. The van der Waals surface area contributed by atoms with Crippen LogP contribution in [-0.2, 0) is 0 Å². The number of benzene rings is 1. The third kappa shape index (κ3) is 1.49. The number of rotatable bonds is 0. The molecule has 1 aromatic heterocycles. The third-order valence-corrected chi connectivity index (χ3v) is 6.08. The van der Waals surface area contributed by atoms with Crippen molar-refractivity contribution in [3.8, 4) is 0 Å². The molecule has 5 rings (SSSR count). The maximum Gasteiger partial charge on any atom is 0.415 e. The zero-order valence-electron chi connectivity index (χ0n) is 12.5. The van der Waals surface area contributed by atoms with E-state index < -0.39 is 35.4 Å². The van der Waals surface area contributed by atoms with E-state index in [4.69, 9.17) is 0 Å². The Hall–Kier alpha value is -1.89. The lowest BCUT2D eigenvalue weighted by Crippen LogP contribution is -2.37. The van der Waals surface area contributed by atoms with E-state index in [-0.39, 0.29) is 23.1 Å². The standard InChI is InChI=1S/C17H14F4N2O/c18-15-11-8(1-2-10-9(11)6-22-23-10)12-13(17(19,20)21)14(24)7-3-4-16(12,15)5-7/h1-2,6-7,14-15,24H,3-5H2,(H,22,23)/t7-,14-,15+,16-/m1/s1. The number of halogens is 4. The van der Waals surface area contributed by atoms with Gasteiger partial charge in [0, 0.05) is 16.4 Å². The quantitative estimate of drug-likeness (QED) is 0.712. The highest BCUT2D eigenvalue weighted by Crippen LogP contribution is 2.70. The molecule has 1 spiro atoms. The molecule has 3 nitrogen and oxygen atoms in total. The first kappa shape index (κ1) is 14.5. The monoisotopic (exact) mass is 338 g/mol. The number of H-pyrrole nitrogens is 1. The van der Waals surface area contributed by atoms with Gasteiger partial charge in [0.05, 0.1) is 23.4 Å². The molecule has 2 bridgehead atoms. The maximum atomic E-state index is 15.5. The average molecular weight is 338 g/mol. The number of aromatic nitrogens is 2. The van der Waals surface area contributed by atoms with Crippen molar-refractivity contribution < 1.29 is 22.7 Å². The summed E-state index contributed by atoms with van der Waals surface area (Å²) in [5, 5.41) is 17.5. The summed E-state index contributed by atoms with van der Waals surface area (Å²) in [5.41, 5.74) is -0.961. The van der Waals surface area contributed by atoms with Crippen LogP contribution in [0.25, 0.3) is 16.5 Å². The first-order valence-electron chi connectivity index (χ1n) is 7.95. The molecule has 1 saturated carbocycles. The van der Waals surface area contributed by atoms with Crippen LogP contribution in [0.5, 0.6) is 0 Å². The molecule has 2 aromatic rings. The Balaban J connectivity index is 1.91. The number of hydrogen-bond donors (Lipinski definition) is 2. The molecule has 2 N–H and O–H groups in total. The van der Waals surface area contributed by atoms with Crippen molar-refractivity contribution in [3.63, 3.8) is 0 Å². The first-order chi connectivity index (χ1) is 11.3. The van der Waals surface area contributed by atoms with Gasteiger partial charge in [-0.25, -0.2) is 4.39 Å². The molecule has 0 radical (unpaired) electrons. The molecule has 1 aromatic carbocycles. The second-order valence-corrected chi connectivity index (χ2v) is 7.11. The highest BCUT2D eigenvalue weighted by atomic mass is 19.4. The van der Waals surface area contributed by atoms with Gasteiger partial charge < -0.3 is 5.11 Å². The fourth-order valence-corrected chi connectivity index (χ4v) is 5.15. The van der Waals surface area contributed by atoms with E-state index >= 15 is 4.39 Å². The lowest BCUT2D eigenvalue weighted by atomic mass is 9.69. The first-order valence-corrected chi connectivity index (χ1v) is 7.95. The van der Waals surface area contributed by atoms with E-state index in [0.717, 1.165) is 0 Å². The van der Waals surface area contributed by atoms with Crippen LogP contribution in [0, 0.1) is 11.3 Å². The van der Waals surface area contributed by atoms with Crippen LogP contribution < -0.4 is 0 Å². The summed E-state index contributed by atoms with van der Waals surface area (Å²) >= 11 is 0. The van der Waals surface area contributed by atoms with Crippen molar-refractivity contribution >= 4 is 16.5 Å². The number of fused-ring (bicyclic) bond motifs is 5. The molecule has 1 fully saturated rings. The largest absolute Gasteiger partial charge is 0.415 e. The maximum absolute atomic E-state index is 15.5. The SMILES string of the molecule is O[C@H]1C(C(F)(F)F)=C2c3ccc4[nH]ncc4c3[C@H](F)[C@@]23CC[C@@H]1C3. The fraction of sp³-hybridized carbons (Fsp3) is 0.471. The molecule has 0 aliphatic heterocycles. The minimum absolute atomic E-state index is 0.0261. The van der Waals surface area contributed by atoms with Gasteiger partial charge in [0.2, 0.25) is 0 Å². The van der Waals surface area contributed by atoms with Crippen molar-refractivity contribution in [1.29, 1.82) is 0 Å². The highest BCUT2D eigenvalue weighted by molar-refractivity contribution is 5.94. The highest BCUT2D eigenvalue weighted by Gasteiger charge is 2.63. The third-order valence-electron chi connectivity index (χ3n) is 6.08.